The molecule has 2 amide bonds. The Kier molecular flexibility index (Phi) is 4.82. The zero-order valence-corrected chi connectivity index (χ0v) is 16.3. The molecule has 0 bridgehead atoms. The van der Waals surface area contributed by atoms with Crippen LogP contribution in [0.15, 0.2) is 54.7 Å². The van der Waals surface area contributed by atoms with E-state index in [2.05, 4.69) is 25.7 Å². The number of carbonyl (C=O) groups excluding carboxylic acids is 1. The molecule has 8 heteroatoms. The number of urea groups is 1. The van der Waals surface area contributed by atoms with Gasteiger partial charge in [-0.05, 0) is 38.1 Å². The van der Waals surface area contributed by atoms with Crippen molar-refractivity contribution in [3.05, 3.63) is 66.1 Å². The second-order valence-electron chi connectivity index (χ2n) is 6.54. The van der Waals surface area contributed by atoms with Crippen LogP contribution in [-0.4, -0.2) is 32.7 Å². The minimum atomic E-state index is -0.335. The maximum atomic E-state index is 12.2. The predicted molar refractivity (Wildman–Crippen MR) is 111 cm³/mol. The Hall–Kier alpha value is -3.94. The van der Waals surface area contributed by atoms with Crippen molar-refractivity contribution in [1.29, 1.82) is 0 Å². The average molecular weight is 388 g/mol. The zero-order chi connectivity index (χ0) is 20.4. The number of benzene rings is 2. The van der Waals surface area contributed by atoms with Gasteiger partial charge in [0.15, 0.2) is 0 Å². The number of imidazole rings is 1. The Morgan fingerprint density at radius 3 is 2.48 bits per heavy atom. The van der Waals surface area contributed by atoms with Gasteiger partial charge < -0.3 is 15.4 Å². The van der Waals surface area contributed by atoms with Gasteiger partial charge in [-0.2, -0.15) is 5.10 Å². The van der Waals surface area contributed by atoms with Crippen LogP contribution in [0.2, 0.25) is 0 Å². The molecule has 0 fully saturated rings. The summed E-state index contributed by atoms with van der Waals surface area (Å²) in [5.74, 6) is 1.23. The lowest BCUT2D eigenvalue weighted by molar-refractivity contribution is 0.262. The van der Waals surface area contributed by atoms with Crippen molar-refractivity contribution in [2.24, 2.45) is 0 Å². The van der Waals surface area contributed by atoms with Gasteiger partial charge in [-0.3, -0.25) is 0 Å². The molecule has 8 nitrogen and oxygen atoms in total. The summed E-state index contributed by atoms with van der Waals surface area (Å²) < 4.78 is 6.83. The van der Waals surface area contributed by atoms with Crippen molar-refractivity contribution in [1.82, 2.24) is 19.6 Å². The van der Waals surface area contributed by atoms with Crippen molar-refractivity contribution in [2.45, 2.75) is 13.8 Å². The van der Waals surface area contributed by atoms with Crippen molar-refractivity contribution in [3.63, 3.8) is 0 Å². The van der Waals surface area contributed by atoms with E-state index < -0.39 is 0 Å². The van der Waals surface area contributed by atoms with E-state index in [1.807, 2.05) is 56.4 Å². The van der Waals surface area contributed by atoms with Gasteiger partial charge in [0.25, 0.3) is 5.78 Å². The van der Waals surface area contributed by atoms with Gasteiger partial charge in [0.2, 0.25) is 0 Å². The number of rotatable bonds is 4. The van der Waals surface area contributed by atoms with Gasteiger partial charge in [-0.1, -0.05) is 18.2 Å². The Morgan fingerprint density at radius 1 is 0.966 bits per heavy atom. The first kappa shape index (κ1) is 18.4. The van der Waals surface area contributed by atoms with Gasteiger partial charge in [0.05, 0.1) is 30.4 Å². The average Bonchev–Trinajstić information content (AvgIpc) is 3.11. The van der Waals surface area contributed by atoms with Crippen LogP contribution in [-0.2, 0) is 0 Å². The molecule has 4 aromatic rings. The summed E-state index contributed by atoms with van der Waals surface area (Å²) in [5.41, 5.74) is 4.71. The number of nitrogens with one attached hydrogen (secondary N) is 2. The Labute approximate surface area is 167 Å². The Bertz CT molecular complexity index is 1140. The molecule has 2 N–H and O–H groups in total. The lowest BCUT2D eigenvalue weighted by Gasteiger charge is -2.09. The van der Waals surface area contributed by atoms with Crippen molar-refractivity contribution >= 4 is 23.2 Å². The first-order chi connectivity index (χ1) is 14.0. The number of hydrogen-bond donors (Lipinski definition) is 2. The molecule has 2 heterocycles. The van der Waals surface area contributed by atoms with Crippen molar-refractivity contribution < 1.29 is 9.53 Å². The summed E-state index contributed by atoms with van der Waals surface area (Å²) in [6, 6.07) is 14.3. The number of aromatic nitrogens is 4. The first-order valence-corrected chi connectivity index (χ1v) is 9.05. The molecule has 0 unspecified atom stereocenters. The molecule has 2 aromatic heterocycles. The highest BCUT2D eigenvalue weighted by Crippen LogP contribution is 2.21. The molecule has 0 saturated carbocycles. The molecule has 0 saturated heterocycles. The molecular weight excluding hydrogens is 368 g/mol. The number of amides is 2. The van der Waals surface area contributed by atoms with Gasteiger partial charge in [-0.25, -0.2) is 19.3 Å². The number of fused-ring (bicyclic) bond motifs is 1. The van der Waals surface area contributed by atoms with Crippen LogP contribution < -0.4 is 15.4 Å². The predicted octanol–water partition coefficient (Wildman–Crippen LogP) is 4.06. The second-order valence-corrected chi connectivity index (χ2v) is 6.54. The molecule has 146 valence electrons. The zero-order valence-electron chi connectivity index (χ0n) is 16.3. The molecule has 4 rings (SSSR count). The highest BCUT2D eigenvalue weighted by molar-refractivity contribution is 5.99. The van der Waals surface area contributed by atoms with E-state index in [9.17, 15) is 4.79 Å². The maximum Gasteiger partial charge on any atom is 0.323 e. The van der Waals surface area contributed by atoms with Crippen molar-refractivity contribution in [2.75, 3.05) is 17.7 Å². The number of carbonyl (C=O) groups is 1. The monoisotopic (exact) mass is 388 g/mol. The van der Waals surface area contributed by atoms with Gasteiger partial charge in [0, 0.05) is 23.0 Å². The summed E-state index contributed by atoms with van der Waals surface area (Å²) in [4.78, 5) is 21.2. The van der Waals surface area contributed by atoms with Gasteiger partial charge in [0.1, 0.15) is 5.75 Å². The van der Waals surface area contributed by atoms with E-state index in [0.29, 0.717) is 22.9 Å². The summed E-state index contributed by atoms with van der Waals surface area (Å²) in [6.45, 7) is 3.83. The van der Waals surface area contributed by atoms with Crippen LogP contribution in [0.5, 0.6) is 5.75 Å². The third-order valence-corrected chi connectivity index (χ3v) is 4.49. The van der Waals surface area contributed by atoms with Crippen LogP contribution in [0.25, 0.3) is 17.0 Å². The molecule has 0 aliphatic rings. The fourth-order valence-electron chi connectivity index (χ4n) is 2.83. The maximum absolute atomic E-state index is 12.2. The van der Waals surface area contributed by atoms with E-state index in [1.54, 1.807) is 23.8 Å². The lowest BCUT2D eigenvalue weighted by atomic mass is 10.1. The molecular formula is C21H20N6O2. The van der Waals surface area contributed by atoms with Crippen LogP contribution in [0.3, 0.4) is 0 Å². The highest BCUT2D eigenvalue weighted by atomic mass is 16.5. The Morgan fingerprint density at radius 2 is 1.72 bits per heavy atom. The fourth-order valence-corrected chi connectivity index (χ4v) is 2.83. The highest BCUT2D eigenvalue weighted by Gasteiger charge is 2.09. The van der Waals surface area contributed by atoms with E-state index in [1.165, 1.54) is 0 Å². The first-order valence-electron chi connectivity index (χ1n) is 9.05. The molecule has 2 aromatic carbocycles. The van der Waals surface area contributed by atoms with E-state index in [-0.39, 0.29) is 6.03 Å². The van der Waals surface area contributed by atoms with Crippen LogP contribution >= 0.6 is 0 Å². The van der Waals surface area contributed by atoms with Crippen molar-refractivity contribution in [3.8, 4) is 17.0 Å². The summed E-state index contributed by atoms with van der Waals surface area (Å²) in [5, 5.41) is 10.0. The number of methoxy groups -OCH3 is 1. The molecule has 0 atom stereocenters. The van der Waals surface area contributed by atoms with E-state index in [0.717, 1.165) is 22.6 Å². The van der Waals surface area contributed by atoms with E-state index in [4.69, 9.17) is 4.74 Å². The second kappa shape index (κ2) is 7.59. The van der Waals surface area contributed by atoms with Crippen LogP contribution in [0.4, 0.5) is 16.2 Å². The quantitative estimate of drug-likeness (QED) is 0.550. The molecule has 0 aliphatic carbocycles. The number of nitrogens with zero attached hydrogens (tertiary/aromatic N) is 4. The molecule has 29 heavy (non-hydrogen) atoms. The standard InChI is InChI=1S/C21H20N6O2/c1-13-14(2)26-27-12-19(25-20(27)22-13)15-7-9-16(10-8-15)23-21(28)24-17-5-4-6-18(11-17)29-3/h4-12H,1-3H3,(H2,23,24,28). The third kappa shape index (κ3) is 4.01. The fraction of sp³-hybridized carbons (Fsp3) is 0.143. The van der Waals surface area contributed by atoms with Gasteiger partial charge >= 0.3 is 6.03 Å². The van der Waals surface area contributed by atoms with E-state index >= 15 is 0 Å². The number of aryl methyl sites for hydroxylation is 2. The SMILES string of the molecule is COc1cccc(NC(=O)Nc2ccc(-c3cn4nc(C)c(C)nc4n3)cc2)c1. The Balaban J connectivity index is 1.47. The molecule has 0 spiro atoms. The smallest absolute Gasteiger partial charge is 0.323 e. The molecule has 0 radical (unpaired) electrons. The minimum absolute atomic E-state index is 0.335. The normalized spacial score (nSPS) is 10.7. The third-order valence-electron chi connectivity index (χ3n) is 4.49. The number of ether oxygens (including phenoxy) is 1. The summed E-state index contributed by atoms with van der Waals surface area (Å²) >= 11 is 0. The molecule has 0 aliphatic heterocycles. The van der Waals surface area contributed by atoms with Crippen LogP contribution in [0, 0.1) is 13.8 Å². The van der Waals surface area contributed by atoms with Crippen LogP contribution in [0.1, 0.15) is 11.4 Å². The topological polar surface area (TPSA) is 93.4 Å². The largest absolute Gasteiger partial charge is 0.497 e. The lowest BCUT2D eigenvalue weighted by Crippen LogP contribution is -2.19. The number of anilines is 2. The van der Waals surface area contributed by atoms with Gasteiger partial charge in [-0.15, -0.1) is 0 Å². The summed E-state index contributed by atoms with van der Waals surface area (Å²) in [7, 11) is 1.58. The number of hydrogen-bond acceptors (Lipinski definition) is 5. The minimum Gasteiger partial charge on any atom is -0.497 e. The summed E-state index contributed by atoms with van der Waals surface area (Å²) in [6.07, 6.45) is 1.84.